The number of nitrogens with zero attached hydrogens (tertiary/aromatic N) is 3. The van der Waals surface area contributed by atoms with Crippen molar-refractivity contribution in [1.29, 1.82) is 0 Å². The SMILES string of the molecule is NCCc1nnc(N2CCOC3CCCCC32)o1. The summed E-state index contributed by atoms with van der Waals surface area (Å²) in [6.07, 6.45) is 5.79. The van der Waals surface area contributed by atoms with Gasteiger partial charge in [0.1, 0.15) is 0 Å². The van der Waals surface area contributed by atoms with Crippen LogP contribution < -0.4 is 10.6 Å². The van der Waals surface area contributed by atoms with Crippen LogP contribution in [-0.4, -0.2) is 42.0 Å². The summed E-state index contributed by atoms with van der Waals surface area (Å²) >= 11 is 0. The van der Waals surface area contributed by atoms with Crippen LogP contribution in [0.1, 0.15) is 31.6 Å². The van der Waals surface area contributed by atoms with Crippen LogP contribution in [0.25, 0.3) is 0 Å². The number of aromatic nitrogens is 2. The number of nitrogens with two attached hydrogens (primary N) is 1. The van der Waals surface area contributed by atoms with Crippen molar-refractivity contribution in [3.63, 3.8) is 0 Å². The van der Waals surface area contributed by atoms with Crippen LogP contribution in [0.2, 0.25) is 0 Å². The van der Waals surface area contributed by atoms with Crippen molar-refractivity contribution in [3.05, 3.63) is 5.89 Å². The van der Waals surface area contributed by atoms with E-state index in [4.69, 9.17) is 14.9 Å². The molecule has 2 heterocycles. The number of morpholine rings is 1. The molecule has 1 aliphatic carbocycles. The first-order chi connectivity index (χ1) is 8.88. The first-order valence-electron chi connectivity index (χ1n) is 6.79. The van der Waals surface area contributed by atoms with Crippen LogP contribution in [0.4, 0.5) is 6.01 Å². The van der Waals surface area contributed by atoms with Gasteiger partial charge in [-0.2, -0.15) is 0 Å². The first-order valence-corrected chi connectivity index (χ1v) is 6.79. The summed E-state index contributed by atoms with van der Waals surface area (Å²) in [6, 6.07) is 1.04. The van der Waals surface area contributed by atoms with E-state index in [0.717, 1.165) is 26.0 Å². The molecule has 1 saturated carbocycles. The Morgan fingerprint density at radius 2 is 2.17 bits per heavy atom. The van der Waals surface area contributed by atoms with E-state index in [0.29, 0.717) is 37.0 Å². The molecule has 0 radical (unpaired) electrons. The summed E-state index contributed by atoms with van der Waals surface area (Å²) < 4.78 is 11.5. The Kier molecular flexibility index (Phi) is 3.47. The molecule has 1 aromatic rings. The molecule has 2 aliphatic rings. The Hall–Kier alpha value is -1.14. The third-order valence-electron chi connectivity index (χ3n) is 3.79. The fraction of sp³-hybridized carbons (Fsp3) is 0.833. The monoisotopic (exact) mass is 252 g/mol. The lowest BCUT2D eigenvalue weighted by Gasteiger charge is -2.42. The van der Waals surface area contributed by atoms with E-state index in [1.165, 1.54) is 12.8 Å². The van der Waals surface area contributed by atoms with Gasteiger partial charge in [-0.1, -0.05) is 17.9 Å². The van der Waals surface area contributed by atoms with E-state index in [9.17, 15) is 0 Å². The van der Waals surface area contributed by atoms with Crippen LogP contribution in [0.3, 0.4) is 0 Å². The van der Waals surface area contributed by atoms with Crippen molar-refractivity contribution in [2.24, 2.45) is 5.73 Å². The topological polar surface area (TPSA) is 77.4 Å². The van der Waals surface area contributed by atoms with Gasteiger partial charge in [-0.25, -0.2) is 0 Å². The predicted octanol–water partition coefficient (Wildman–Crippen LogP) is 0.719. The molecule has 6 heteroatoms. The van der Waals surface area contributed by atoms with Crippen LogP contribution in [0.15, 0.2) is 4.42 Å². The van der Waals surface area contributed by atoms with Gasteiger partial charge in [0.15, 0.2) is 0 Å². The minimum absolute atomic E-state index is 0.331. The highest BCUT2D eigenvalue weighted by molar-refractivity contribution is 5.29. The van der Waals surface area contributed by atoms with Crippen molar-refractivity contribution in [3.8, 4) is 0 Å². The minimum atomic E-state index is 0.331. The van der Waals surface area contributed by atoms with Gasteiger partial charge >= 0.3 is 6.01 Å². The summed E-state index contributed by atoms with van der Waals surface area (Å²) in [5, 5.41) is 8.19. The number of fused-ring (bicyclic) bond motifs is 1. The summed E-state index contributed by atoms with van der Waals surface area (Å²) in [5.41, 5.74) is 5.49. The predicted molar refractivity (Wildman–Crippen MR) is 66.4 cm³/mol. The van der Waals surface area contributed by atoms with E-state index in [-0.39, 0.29) is 0 Å². The second-order valence-electron chi connectivity index (χ2n) is 4.97. The molecule has 2 fully saturated rings. The van der Waals surface area contributed by atoms with E-state index >= 15 is 0 Å². The molecule has 2 N–H and O–H groups in total. The van der Waals surface area contributed by atoms with Crippen molar-refractivity contribution in [1.82, 2.24) is 10.2 Å². The van der Waals surface area contributed by atoms with Crippen LogP contribution in [0, 0.1) is 0 Å². The second-order valence-corrected chi connectivity index (χ2v) is 4.97. The number of ether oxygens (including phenoxy) is 1. The molecule has 2 atom stereocenters. The maximum atomic E-state index is 5.84. The van der Waals surface area contributed by atoms with Crippen LogP contribution in [-0.2, 0) is 11.2 Å². The van der Waals surface area contributed by atoms with E-state index in [1.807, 2.05) is 0 Å². The van der Waals surface area contributed by atoms with E-state index in [1.54, 1.807) is 0 Å². The number of hydrogen-bond acceptors (Lipinski definition) is 6. The molecule has 3 rings (SSSR count). The molecule has 6 nitrogen and oxygen atoms in total. The van der Waals surface area contributed by atoms with Gasteiger partial charge < -0.3 is 19.8 Å². The molecule has 18 heavy (non-hydrogen) atoms. The van der Waals surface area contributed by atoms with E-state index < -0.39 is 0 Å². The van der Waals surface area contributed by atoms with Gasteiger partial charge in [0.05, 0.1) is 18.8 Å². The second kappa shape index (κ2) is 5.24. The lowest BCUT2D eigenvalue weighted by Crippen LogP contribution is -2.53. The standard InChI is InChI=1S/C12H20N4O2/c13-6-5-11-14-15-12(18-11)16-7-8-17-10-4-2-1-3-9(10)16/h9-10H,1-8,13H2. The lowest BCUT2D eigenvalue weighted by molar-refractivity contribution is -0.0106. The Bertz CT molecular complexity index is 393. The molecule has 0 aromatic carbocycles. The maximum absolute atomic E-state index is 5.84. The van der Waals surface area contributed by atoms with Gasteiger partial charge in [-0.15, -0.1) is 5.10 Å². The summed E-state index contributed by atoms with van der Waals surface area (Å²) in [6.45, 7) is 2.12. The molecular formula is C12H20N4O2. The Labute approximate surface area is 106 Å². The molecule has 100 valence electrons. The average molecular weight is 252 g/mol. The lowest BCUT2D eigenvalue weighted by atomic mass is 9.90. The average Bonchev–Trinajstić information content (AvgIpc) is 2.87. The van der Waals surface area contributed by atoms with Crippen molar-refractivity contribution >= 4 is 6.01 Å². The Balaban J connectivity index is 1.76. The highest BCUT2D eigenvalue weighted by atomic mass is 16.5. The normalized spacial score (nSPS) is 28.2. The quantitative estimate of drug-likeness (QED) is 0.854. The van der Waals surface area contributed by atoms with Gasteiger partial charge in [0.25, 0.3) is 0 Å². The van der Waals surface area contributed by atoms with Crippen molar-refractivity contribution in [2.45, 2.75) is 44.2 Å². The van der Waals surface area contributed by atoms with Gasteiger partial charge in [0, 0.05) is 19.5 Å². The summed E-state index contributed by atoms with van der Waals surface area (Å²) in [4.78, 5) is 2.22. The third kappa shape index (κ3) is 2.22. The zero-order chi connectivity index (χ0) is 12.4. The highest BCUT2D eigenvalue weighted by Gasteiger charge is 2.36. The summed E-state index contributed by atoms with van der Waals surface area (Å²) in [7, 11) is 0. The molecule has 0 spiro atoms. The third-order valence-corrected chi connectivity index (χ3v) is 3.79. The molecule has 1 saturated heterocycles. The fourth-order valence-corrected chi connectivity index (χ4v) is 2.92. The molecule has 1 aromatic heterocycles. The fourth-order valence-electron chi connectivity index (χ4n) is 2.92. The zero-order valence-corrected chi connectivity index (χ0v) is 10.5. The molecule has 0 amide bonds. The van der Waals surface area contributed by atoms with E-state index in [2.05, 4.69) is 15.1 Å². The molecular weight excluding hydrogens is 232 g/mol. The molecule has 2 unspecified atom stereocenters. The molecule has 1 aliphatic heterocycles. The highest BCUT2D eigenvalue weighted by Crippen LogP contribution is 2.31. The van der Waals surface area contributed by atoms with Gasteiger partial charge in [-0.05, 0) is 12.8 Å². The Morgan fingerprint density at radius 3 is 3.06 bits per heavy atom. The van der Waals surface area contributed by atoms with Crippen LogP contribution >= 0.6 is 0 Å². The van der Waals surface area contributed by atoms with Crippen molar-refractivity contribution in [2.75, 3.05) is 24.6 Å². The van der Waals surface area contributed by atoms with Gasteiger partial charge in [0.2, 0.25) is 5.89 Å². The first kappa shape index (κ1) is 11.9. The largest absolute Gasteiger partial charge is 0.408 e. The number of hydrogen-bond donors (Lipinski definition) is 1. The maximum Gasteiger partial charge on any atom is 0.318 e. The van der Waals surface area contributed by atoms with Gasteiger partial charge in [-0.3, -0.25) is 0 Å². The Morgan fingerprint density at radius 1 is 1.28 bits per heavy atom. The molecule has 0 bridgehead atoms. The van der Waals surface area contributed by atoms with Crippen LogP contribution in [0.5, 0.6) is 0 Å². The van der Waals surface area contributed by atoms with Crippen molar-refractivity contribution < 1.29 is 9.15 Å². The number of rotatable bonds is 3. The minimum Gasteiger partial charge on any atom is -0.408 e. The number of anilines is 1. The zero-order valence-electron chi connectivity index (χ0n) is 10.5. The smallest absolute Gasteiger partial charge is 0.318 e. The summed E-state index contributed by atoms with van der Waals surface area (Å²) in [5.74, 6) is 0.631.